The first-order chi connectivity index (χ1) is 59.5. The number of unbranched alkanes of at least 4 members (excludes halogenated alkanes) is 77. The Balaban J connectivity index is 0. The summed E-state index contributed by atoms with van der Waals surface area (Å²) < 4.78 is 20.7. The number of esters is 4. The largest absolute Gasteiger partial charge is 0.478 e. The van der Waals surface area contributed by atoms with E-state index in [2.05, 4.69) is 67.9 Å². The van der Waals surface area contributed by atoms with Crippen LogP contribution in [0.3, 0.4) is 0 Å². The first-order valence-corrected chi connectivity index (χ1v) is 53.7. The Kier molecular flexibility index (Phi) is 93.2. The lowest BCUT2D eigenvalue weighted by Gasteiger charge is -2.38. The summed E-state index contributed by atoms with van der Waals surface area (Å²) in [6, 6.07) is 0. The van der Waals surface area contributed by atoms with Crippen LogP contribution in [0.15, 0.2) is 61.8 Å². The lowest BCUT2D eigenvalue weighted by Crippen LogP contribution is -2.38. The molecule has 1 N–H and O–H groups in total. The van der Waals surface area contributed by atoms with Gasteiger partial charge in [0, 0.05) is 29.2 Å². The van der Waals surface area contributed by atoms with Crippen molar-refractivity contribution in [1.82, 2.24) is 0 Å². The molecule has 0 aromatic heterocycles. The molecule has 0 spiro atoms. The number of carbonyl (C=O) groups is 5. The van der Waals surface area contributed by atoms with E-state index in [1.165, 1.54) is 519 Å². The SMILES string of the molecule is C=C(C)C(=O)OCCCCCCCCCCCCCCCCCC.C=C(C=CC(=O)O)C(=O)OC1CC2CCC1(C)C2(C)C.C=CC(=O)OCCCCCCCCCCCCCCCCCC.C=CC(=O)OCCCCCCCCCCCCCCCCCCCCCCCCCCCCCCCCCCCCCCCCCCCCCCCCCC. The minimum Gasteiger partial charge on any atom is -0.478 e. The molecule has 716 valence electrons. The van der Waals surface area contributed by atoms with Crippen LogP contribution in [0.4, 0.5) is 0 Å². The lowest BCUT2D eigenvalue weighted by molar-refractivity contribution is -0.151. The highest BCUT2D eigenvalue weighted by molar-refractivity contribution is 5.93. The zero-order chi connectivity index (χ0) is 89.7. The fraction of sp³-hybridized carbons (Fsp3) is 0.866. The summed E-state index contributed by atoms with van der Waals surface area (Å²) in [5.41, 5.74) is 0.753. The smallest absolute Gasteiger partial charge is 0.337 e. The van der Waals surface area contributed by atoms with Crippen LogP contribution >= 0.6 is 0 Å². The van der Waals surface area contributed by atoms with Crippen LogP contribution in [-0.4, -0.2) is 60.9 Å². The fourth-order valence-corrected chi connectivity index (χ4v) is 18.1. The van der Waals surface area contributed by atoms with Gasteiger partial charge < -0.3 is 24.1 Å². The minimum absolute atomic E-state index is 0.00409. The number of carboxylic acid groups (broad SMARTS) is 1. The maximum atomic E-state index is 12.0. The number of ether oxygens (including phenoxy) is 4. The fourth-order valence-electron chi connectivity index (χ4n) is 18.1. The van der Waals surface area contributed by atoms with Crippen molar-refractivity contribution in [3.63, 3.8) is 0 Å². The molecule has 0 amide bonds. The van der Waals surface area contributed by atoms with Crippen LogP contribution in [0, 0.1) is 16.7 Å². The van der Waals surface area contributed by atoms with Crippen LogP contribution in [0.1, 0.15) is 581 Å². The molecule has 2 bridgehead atoms. The predicted molar refractivity (Wildman–Crippen MR) is 529 cm³/mol. The van der Waals surface area contributed by atoms with Gasteiger partial charge in [-0.3, -0.25) is 0 Å². The van der Waals surface area contributed by atoms with Crippen molar-refractivity contribution in [3.8, 4) is 0 Å². The zero-order valence-corrected chi connectivity index (χ0v) is 82.7. The van der Waals surface area contributed by atoms with E-state index in [9.17, 15) is 24.0 Å². The van der Waals surface area contributed by atoms with Crippen LogP contribution in [0.25, 0.3) is 0 Å². The quantitative estimate of drug-likeness (QED) is 0.0206. The predicted octanol–water partition coefficient (Wildman–Crippen LogP) is 36.7. The van der Waals surface area contributed by atoms with Crippen molar-refractivity contribution in [2.75, 3.05) is 19.8 Å². The molecular weight excluding hydrogens is 1510 g/mol. The highest BCUT2D eigenvalue weighted by Gasteiger charge is 2.63. The molecule has 122 heavy (non-hydrogen) atoms. The van der Waals surface area contributed by atoms with Gasteiger partial charge in [-0.25, -0.2) is 24.0 Å². The van der Waals surface area contributed by atoms with Gasteiger partial charge in [-0.1, -0.05) is 562 Å². The second kappa shape index (κ2) is 94.7. The molecule has 2 rings (SSSR count). The average molecular weight is 1710 g/mol. The van der Waals surface area contributed by atoms with Gasteiger partial charge in [0.2, 0.25) is 0 Å². The Bertz CT molecular complexity index is 2370. The highest BCUT2D eigenvalue weighted by Crippen LogP contribution is 2.66. The molecule has 0 aliphatic heterocycles. The van der Waals surface area contributed by atoms with Crippen molar-refractivity contribution in [3.05, 3.63) is 61.8 Å². The molecule has 0 saturated heterocycles. The Hall–Kier alpha value is -3.95. The molecule has 10 heteroatoms. The van der Waals surface area contributed by atoms with Crippen LogP contribution in [-0.2, 0) is 42.9 Å². The summed E-state index contributed by atoms with van der Waals surface area (Å²) in [6.07, 6.45) is 121. The van der Waals surface area contributed by atoms with E-state index in [4.69, 9.17) is 24.1 Å². The van der Waals surface area contributed by atoms with Gasteiger partial charge in [0.05, 0.1) is 25.4 Å². The number of carbonyl (C=O) groups excluding carboxylic acids is 4. The molecule has 0 aromatic carbocycles. The number of hydrogen-bond donors (Lipinski definition) is 1. The van der Waals surface area contributed by atoms with Gasteiger partial charge in [-0.05, 0) is 62.9 Å². The van der Waals surface area contributed by atoms with Crippen molar-refractivity contribution in [2.24, 2.45) is 16.7 Å². The first-order valence-electron chi connectivity index (χ1n) is 53.7. The maximum Gasteiger partial charge on any atom is 0.337 e. The van der Waals surface area contributed by atoms with Crippen molar-refractivity contribution < 1.29 is 48.0 Å². The minimum atomic E-state index is -1.10. The number of fused-ring (bicyclic) bond motifs is 2. The number of carboxylic acids is 1. The standard InChI is InChI=1S/C53H104O2.C22H42O2.C21H40O2.C16H22O4/c1-3-5-6-7-8-9-10-11-12-13-14-15-16-17-18-19-20-21-22-23-24-25-26-27-28-29-30-31-32-33-34-35-36-37-38-39-40-41-42-43-44-45-46-47-48-49-50-51-52-55-53(54)4-2;1-4-5-6-7-8-9-10-11-12-13-14-15-16-17-18-19-20-24-22(23)21(2)3;1-3-5-6-7-8-9-10-11-12-13-14-15-16-17-18-19-20-23-21(22)4-2;1-10(5-6-13(17)18)14(19)20-12-9-11-7-8-16(12,4)15(11,2)3/h4H,2-3,5-52H2,1H3;2,4-20H2,1,3H3;4H,2-3,5-20H2,1H3;5-6,11-12H,1,7-9H2,2-4H3,(H,17,18). The third-order valence-electron chi connectivity index (χ3n) is 27.0. The van der Waals surface area contributed by atoms with Crippen molar-refractivity contribution in [2.45, 2.75) is 587 Å². The first kappa shape index (κ1) is 120. The van der Waals surface area contributed by atoms with Gasteiger partial charge in [0.25, 0.3) is 0 Å². The van der Waals surface area contributed by atoms with Crippen LogP contribution in [0.5, 0.6) is 0 Å². The summed E-state index contributed by atoms with van der Waals surface area (Å²) >= 11 is 0. The summed E-state index contributed by atoms with van der Waals surface area (Å²) in [5, 5.41) is 8.54. The van der Waals surface area contributed by atoms with E-state index in [-0.39, 0.29) is 40.4 Å². The van der Waals surface area contributed by atoms with E-state index < -0.39 is 11.9 Å². The van der Waals surface area contributed by atoms with Crippen LogP contribution in [0.2, 0.25) is 0 Å². The number of rotatable bonds is 90. The second-order valence-corrected chi connectivity index (χ2v) is 38.6. The Labute approximate surface area is 759 Å². The molecule has 0 heterocycles. The molecule has 2 saturated carbocycles. The van der Waals surface area contributed by atoms with E-state index in [1.807, 2.05) is 0 Å². The number of aliphatic carboxylic acids is 1. The van der Waals surface area contributed by atoms with E-state index >= 15 is 0 Å². The normalized spacial score (nSPS) is 14.9. The van der Waals surface area contributed by atoms with Gasteiger partial charge in [0.15, 0.2) is 0 Å². The Morgan fingerprint density at radius 2 is 0.500 bits per heavy atom. The summed E-state index contributed by atoms with van der Waals surface area (Å²) in [4.78, 5) is 55.4. The summed E-state index contributed by atoms with van der Waals surface area (Å²) in [6.45, 7) is 30.8. The molecule has 10 nitrogen and oxygen atoms in total. The van der Waals surface area contributed by atoms with E-state index in [0.717, 1.165) is 38.2 Å². The Morgan fingerprint density at radius 3 is 0.664 bits per heavy atom. The van der Waals surface area contributed by atoms with E-state index in [1.54, 1.807) is 6.92 Å². The second-order valence-electron chi connectivity index (χ2n) is 38.6. The van der Waals surface area contributed by atoms with E-state index in [0.29, 0.717) is 31.3 Å². The third kappa shape index (κ3) is 81.8. The molecule has 2 aliphatic carbocycles. The molecule has 2 aliphatic rings. The molecule has 0 aromatic rings. The molecule has 3 unspecified atom stereocenters. The molecule has 2 fully saturated rings. The van der Waals surface area contributed by atoms with Gasteiger partial charge >= 0.3 is 29.8 Å². The third-order valence-corrected chi connectivity index (χ3v) is 27.0. The zero-order valence-electron chi connectivity index (χ0n) is 82.7. The van der Waals surface area contributed by atoms with Gasteiger partial charge in [-0.15, -0.1) is 0 Å². The van der Waals surface area contributed by atoms with Crippen LogP contribution < -0.4 is 0 Å². The maximum absolute atomic E-state index is 12.0. The van der Waals surface area contributed by atoms with Crippen molar-refractivity contribution >= 4 is 29.8 Å². The Morgan fingerprint density at radius 1 is 0.303 bits per heavy atom. The topological polar surface area (TPSA) is 143 Å². The monoisotopic (exact) mass is 1710 g/mol. The summed E-state index contributed by atoms with van der Waals surface area (Å²) in [5.74, 6) is -1.88. The van der Waals surface area contributed by atoms with Crippen molar-refractivity contribution in [1.29, 1.82) is 0 Å². The molecule has 0 radical (unpaired) electrons. The van der Waals surface area contributed by atoms with Gasteiger partial charge in [0.1, 0.15) is 6.10 Å². The van der Waals surface area contributed by atoms with Gasteiger partial charge in [-0.2, -0.15) is 0 Å². The molecular formula is C112H208O10. The number of hydrogen-bond acceptors (Lipinski definition) is 9. The molecule has 3 atom stereocenters. The highest BCUT2D eigenvalue weighted by atomic mass is 16.5. The average Bonchev–Trinajstić information content (AvgIpc) is 1.56. The summed E-state index contributed by atoms with van der Waals surface area (Å²) in [7, 11) is 0. The lowest BCUT2D eigenvalue weighted by atomic mass is 9.70.